The van der Waals surface area contributed by atoms with Crippen LogP contribution >= 0.6 is 11.8 Å². The number of nitriles is 1. The number of benzene rings is 1. The van der Waals surface area contributed by atoms with Gasteiger partial charge >= 0.3 is 5.97 Å². The summed E-state index contributed by atoms with van der Waals surface area (Å²) in [7, 11) is 0. The molecule has 1 aliphatic heterocycles. The first-order valence-corrected chi connectivity index (χ1v) is 12.4. The minimum absolute atomic E-state index is 0.123. The molecule has 1 unspecified atom stereocenters. The maximum absolute atomic E-state index is 12.7. The number of rotatable bonds is 5. The lowest BCUT2D eigenvalue weighted by Crippen LogP contribution is -2.27. The number of carbonyl (C=O) groups is 3. The molecule has 0 spiro atoms. The van der Waals surface area contributed by atoms with E-state index < -0.39 is 18.5 Å². The van der Waals surface area contributed by atoms with Crippen molar-refractivity contribution in [1.82, 2.24) is 4.57 Å². The van der Waals surface area contributed by atoms with Crippen molar-refractivity contribution in [2.75, 3.05) is 17.2 Å². The minimum atomic E-state index is -0.661. The van der Waals surface area contributed by atoms with Crippen molar-refractivity contribution >= 4 is 41.1 Å². The Morgan fingerprint density at radius 1 is 1.26 bits per heavy atom. The van der Waals surface area contributed by atoms with Crippen LogP contribution in [-0.4, -0.2) is 34.2 Å². The summed E-state index contributed by atoms with van der Waals surface area (Å²) in [6.45, 7) is 5.19. The molecule has 2 aliphatic rings. The summed E-state index contributed by atoms with van der Waals surface area (Å²) in [5.74, 6) is -0.809. The molecular weight excluding hydrogens is 452 g/mol. The van der Waals surface area contributed by atoms with Gasteiger partial charge in [-0.2, -0.15) is 5.26 Å². The normalized spacial score (nSPS) is 17.9. The fraction of sp³-hybridized carbons (Fsp3) is 0.440. The molecule has 2 N–H and O–H groups in total. The Morgan fingerprint density at radius 3 is 2.71 bits per heavy atom. The molecule has 1 aromatic heterocycles. The molecule has 1 fully saturated rings. The topological polar surface area (TPSA) is 113 Å². The van der Waals surface area contributed by atoms with E-state index in [-0.39, 0.29) is 22.8 Å². The van der Waals surface area contributed by atoms with Gasteiger partial charge in [-0.3, -0.25) is 9.59 Å². The summed E-state index contributed by atoms with van der Waals surface area (Å²) in [5, 5.41) is 15.1. The average Bonchev–Trinajstić information content (AvgIpc) is 3.07. The van der Waals surface area contributed by atoms with E-state index in [1.54, 1.807) is 18.2 Å². The van der Waals surface area contributed by atoms with Gasteiger partial charge in [0.1, 0.15) is 11.9 Å². The van der Waals surface area contributed by atoms with Crippen molar-refractivity contribution in [3.8, 4) is 6.07 Å². The van der Waals surface area contributed by atoms with E-state index in [0.717, 1.165) is 41.8 Å². The van der Waals surface area contributed by atoms with Crippen LogP contribution in [0.4, 0.5) is 11.5 Å². The largest absolute Gasteiger partial charge is 0.452 e. The number of aromatic nitrogens is 1. The molecule has 0 radical (unpaired) electrons. The summed E-state index contributed by atoms with van der Waals surface area (Å²) in [6.07, 6.45) is 5.44. The van der Waals surface area contributed by atoms with Crippen LogP contribution in [0.3, 0.4) is 0 Å². The summed E-state index contributed by atoms with van der Waals surface area (Å²) >= 11 is 1.42. The predicted octanol–water partition coefficient (Wildman–Crippen LogP) is 4.71. The molecular formula is C25H28N4O4S. The van der Waals surface area contributed by atoms with Gasteiger partial charge in [-0.1, -0.05) is 19.3 Å². The molecule has 1 aromatic carbocycles. The Kier molecular flexibility index (Phi) is 6.98. The van der Waals surface area contributed by atoms with E-state index in [1.807, 2.05) is 20.8 Å². The van der Waals surface area contributed by atoms with Gasteiger partial charge in [0, 0.05) is 16.6 Å². The zero-order valence-electron chi connectivity index (χ0n) is 19.6. The molecule has 0 saturated heterocycles. The van der Waals surface area contributed by atoms with E-state index in [0.29, 0.717) is 17.1 Å². The van der Waals surface area contributed by atoms with Gasteiger partial charge in [-0.05, 0) is 57.4 Å². The number of amides is 2. The highest BCUT2D eigenvalue weighted by atomic mass is 32.2. The third kappa shape index (κ3) is 4.68. The Hall–Kier alpha value is -3.25. The van der Waals surface area contributed by atoms with Crippen LogP contribution in [0.2, 0.25) is 0 Å². The van der Waals surface area contributed by atoms with Crippen LogP contribution in [0.1, 0.15) is 72.2 Å². The highest BCUT2D eigenvalue weighted by molar-refractivity contribution is 8.00. The third-order valence-corrected chi connectivity index (χ3v) is 7.72. The summed E-state index contributed by atoms with van der Waals surface area (Å²) < 4.78 is 7.30. The number of hydrogen-bond donors (Lipinski definition) is 2. The quantitative estimate of drug-likeness (QED) is 0.599. The molecule has 2 aromatic rings. The van der Waals surface area contributed by atoms with Crippen LogP contribution in [-0.2, 0) is 14.3 Å². The van der Waals surface area contributed by atoms with Crippen LogP contribution in [0, 0.1) is 25.2 Å². The van der Waals surface area contributed by atoms with E-state index in [1.165, 1.54) is 18.2 Å². The smallest absolute Gasteiger partial charge is 0.338 e. The van der Waals surface area contributed by atoms with Gasteiger partial charge in [0.15, 0.2) is 6.61 Å². The van der Waals surface area contributed by atoms with Crippen molar-refractivity contribution in [3.05, 3.63) is 40.6 Å². The Bertz CT molecular complexity index is 1190. The molecule has 8 nitrogen and oxygen atoms in total. The van der Waals surface area contributed by atoms with Crippen molar-refractivity contribution in [1.29, 1.82) is 5.26 Å². The van der Waals surface area contributed by atoms with E-state index in [2.05, 4.69) is 21.3 Å². The van der Waals surface area contributed by atoms with Crippen molar-refractivity contribution in [2.45, 2.75) is 69.1 Å². The van der Waals surface area contributed by atoms with Crippen LogP contribution in [0.5, 0.6) is 0 Å². The second kappa shape index (κ2) is 9.94. The van der Waals surface area contributed by atoms with E-state index in [9.17, 15) is 19.6 Å². The summed E-state index contributed by atoms with van der Waals surface area (Å²) in [6, 6.07) is 7.38. The first-order chi connectivity index (χ1) is 16.3. The average molecular weight is 481 g/mol. The molecule has 34 heavy (non-hydrogen) atoms. The SMILES string of the molecule is Cc1c(C#N)c(NC(=O)COC(=O)c2ccc3c(c2)NC(=O)C(C)S3)n(C2CCCCC2)c1C. The number of hydrogen-bond acceptors (Lipinski definition) is 6. The molecule has 178 valence electrons. The van der Waals surface area contributed by atoms with Crippen LogP contribution in [0.25, 0.3) is 0 Å². The zero-order valence-corrected chi connectivity index (χ0v) is 20.4. The highest BCUT2D eigenvalue weighted by Crippen LogP contribution is 2.37. The second-order valence-electron chi connectivity index (χ2n) is 8.79. The fourth-order valence-corrected chi connectivity index (χ4v) is 5.53. The lowest BCUT2D eigenvalue weighted by molar-refractivity contribution is -0.119. The van der Waals surface area contributed by atoms with Crippen molar-refractivity contribution in [3.63, 3.8) is 0 Å². The molecule has 9 heteroatoms. The minimum Gasteiger partial charge on any atom is -0.452 e. The number of nitrogens with one attached hydrogen (secondary N) is 2. The van der Waals surface area contributed by atoms with Gasteiger partial charge in [0.05, 0.1) is 22.1 Å². The molecule has 4 rings (SSSR count). The maximum Gasteiger partial charge on any atom is 0.338 e. The molecule has 1 aliphatic carbocycles. The van der Waals surface area contributed by atoms with Crippen molar-refractivity contribution in [2.24, 2.45) is 0 Å². The number of nitrogens with zero attached hydrogens (tertiary/aromatic N) is 2. The first-order valence-electron chi connectivity index (χ1n) is 11.5. The van der Waals surface area contributed by atoms with Gasteiger partial charge in [0.2, 0.25) is 5.91 Å². The molecule has 2 heterocycles. The first kappa shape index (κ1) is 23.9. The Labute approximate surface area is 203 Å². The van der Waals surface area contributed by atoms with Crippen LogP contribution in [0.15, 0.2) is 23.1 Å². The van der Waals surface area contributed by atoms with Gasteiger partial charge in [-0.25, -0.2) is 4.79 Å². The van der Waals surface area contributed by atoms with Crippen molar-refractivity contribution < 1.29 is 19.1 Å². The number of esters is 1. The zero-order chi connectivity index (χ0) is 24.4. The number of ether oxygens (including phenoxy) is 1. The maximum atomic E-state index is 12.7. The lowest BCUT2D eigenvalue weighted by atomic mass is 9.95. The fourth-order valence-electron chi connectivity index (χ4n) is 4.60. The summed E-state index contributed by atoms with van der Waals surface area (Å²) in [5.41, 5.74) is 3.07. The lowest BCUT2D eigenvalue weighted by Gasteiger charge is -2.27. The molecule has 1 saturated carbocycles. The summed E-state index contributed by atoms with van der Waals surface area (Å²) in [4.78, 5) is 38.1. The number of carbonyl (C=O) groups excluding carboxylic acids is 3. The predicted molar refractivity (Wildman–Crippen MR) is 130 cm³/mol. The standard InChI is InChI=1S/C25H28N4O4S/c1-14-15(2)29(18-7-5-4-6-8-18)23(19(14)12-26)28-22(30)13-33-25(32)17-9-10-21-20(11-17)27-24(31)16(3)34-21/h9-11,16,18H,4-8,13H2,1-3H3,(H,27,31)(H,28,30). The van der Waals surface area contributed by atoms with E-state index >= 15 is 0 Å². The van der Waals surface area contributed by atoms with E-state index in [4.69, 9.17) is 4.74 Å². The van der Waals surface area contributed by atoms with Gasteiger partial charge < -0.3 is 19.9 Å². The van der Waals surface area contributed by atoms with Gasteiger partial charge in [0.25, 0.3) is 5.91 Å². The third-order valence-electron chi connectivity index (χ3n) is 6.55. The highest BCUT2D eigenvalue weighted by Gasteiger charge is 2.27. The number of anilines is 2. The molecule has 0 bridgehead atoms. The Morgan fingerprint density at radius 2 is 2.00 bits per heavy atom. The Balaban J connectivity index is 1.45. The number of fused-ring (bicyclic) bond motifs is 1. The molecule has 1 atom stereocenters. The second-order valence-corrected chi connectivity index (χ2v) is 10.2. The number of thioether (sulfide) groups is 1. The van der Waals surface area contributed by atoms with Gasteiger partial charge in [-0.15, -0.1) is 11.8 Å². The van der Waals surface area contributed by atoms with Crippen LogP contribution < -0.4 is 10.6 Å². The monoisotopic (exact) mass is 480 g/mol. The molecule has 2 amide bonds.